The third-order valence-corrected chi connectivity index (χ3v) is 8.03. The summed E-state index contributed by atoms with van der Waals surface area (Å²) in [7, 11) is 3.71. The maximum absolute atomic E-state index is 13.7. The lowest BCUT2D eigenvalue weighted by molar-refractivity contribution is -0.120. The number of nitrogens with one attached hydrogen (secondary N) is 1. The molecule has 1 aliphatic heterocycles. The number of hydrogen-bond donors (Lipinski definition) is 2. The molecule has 2 aromatic rings. The molecule has 0 aromatic heterocycles. The fraction of sp³-hybridized carbons (Fsp3) is 0.548. The zero-order valence-electron chi connectivity index (χ0n) is 23.7. The van der Waals surface area contributed by atoms with Crippen LogP contribution in [0.2, 0.25) is 0 Å². The highest BCUT2D eigenvalue weighted by atomic mass is 16.5. The molecule has 0 bridgehead atoms. The molecule has 1 heterocycles. The summed E-state index contributed by atoms with van der Waals surface area (Å²) in [6.45, 7) is 5.59. The largest absolute Gasteiger partial charge is 0.497 e. The lowest BCUT2D eigenvalue weighted by Gasteiger charge is -2.38. The van der Waals surface area contributed by atoms with E-state index in [1.807, 2.05) is 25.1 Å². The molecule has 1 fully saturated rings. The molecular formula is C31H43N3O5. The Labute approximate surface area is 232 Å². The van der Waals surface area contributed by atoms with Gasteiger partial charge >= 0.3 is 0 Å². The van der Waals surface area contributed by atoms with Crippen molar-refractivity contribution in [2.24, 2.45) is 11.8 Å². The minimum atomic E-state index is -0.343. The van der Waals surface area contributed by atoms with Crippen molar-refractivity contribution in [2.75, 3.05) is 39.2 Å². The summed E-state index contributed by atoms with van der Waals surface area (Å²) in [4.78, 5) is 30.8. The first kappa shape index (κ1) is 28.9. The molecule has 1 aliphatic carbocycles. The number of nitrogens with zero attached hydrogens (tertiary/aromatic N) is 2. The number of aliphatic hydroxyl groups excluding tert-OH is 1. The van der Waals surface area contributed by atoms with Gasteiger partial charge in [-0.05, 0) is 56.6 Å². The Morgan fingerprint density at radius 3 is 2.56 bits per heavy atom. The van der Waals surface area contributed by atoms with Crippen LogP contribution in [0, 0.1) is 11.8 Å². The van der Waals surface area contributed by atoms with Gasteiger partial charge in [0.2, 0.25) is 5.91 Å². The van der Waals surface area contributed by atoms with Crippen molar-refractivity contribution >= 4 is 17.5 Å². The molecule has 0 spiro atoms. The second kappa shape index (κ2) is 13.3. The molecule has 4 rings (SSSR count). The average molecular weight is 538 g/mol. The van der Waals surface area contributed by atoms with Crippen LogP contribution in [-0.2, 0) is 11.3 Å². The van der Waals surface area contributed by atoms with Crippen LogP contribution < -0.4 is 14.8 Å². The number of anilines is 1. The summed E-state index contributed by atoms with van der Waals surface area (Å²) in [5, 5.41) is 13.0. The van der Waals surface area contributed by atoms with Crippen molar-refractivity contribution in [1.82, 2.24) is 9.80 Å². The van der Waals surface area contributed by atoms with Crippen molar-refractivity contribution in [3.8, 4) is 11.5 Å². The number of aliphatic hydroxyl groups is 1. The van der Waals surface area contributed by atoms with Crippen LogP contribution in [-0.4, -0.2) is 72.7 Å². The van der Waals surface area contributed by atoms with Crippen molar-refractivity contribution in [2.45, 2.75) is 64.6 Å². The number of para-hydroxylation sites is 1. The van der Waals surface area contributed by atoms with E-state index in [9.17, 15) is 14.7 Å². The van der Waals surface area contributed by atoms with Crippen LogP contribution in [0.5, 0.6) is 11.5 Å². The van der Waals surface area contributed by atoms with Gasteiger partial charge in [-0.25, -0.2) is 0 Å². The maximum Gasteiger partial charge on any atom is 0.258 e. The zero-order valence-corrected chi connectivity index (χ0v) is 23.7. The summed E-state index contributed by atoms with van der Waals surface area (Å²) in [6, 6.07) is 13.0. The topological polar surface area (TPSA) is 91.3 Å². The SMILES string of the molecule is COc1ccc(CN(C)C[C@H]2Oc3c(NC(=O)C4CCCCC4)cccc3C(=O)N([C@H](C)CO)C[C@H]2C)cc1. The normalized spacial score (nSPS) is 21.0. The van der Waals surface area contributed by atoms with Crippen LogP contribution in [0.1, 0.15) is 61.9 Å². The summed E-state index contributed by atoms with van der Waals surface area (Å²) < 4.78 is 11.9. The Balaban J connectivity index is 1.61. The Bertz CT molecular complexity index is 1120. The van der Waals surface area contributed by atoms with Crippen molar-refractivity contribution in [3.05, 3.63) is 53.6 Å². The third-order valence-electron chi connectivity index (χ3n) is 8.03. The third kappa shape index (κ3) is 7.11. The number of fused-ring (bicyclic) bond motifs is 1. The van der Waals surface area contributed by atoms with Crippen LogP contribution in [0.15, 0.2) is 42.5 Å². The Morgan fingerprint density at radius 2 is 1.90 bits per heavy atom. The van der Waals surface area contributed by atoms with E-state index < -0.39 is 0 Å². The standard InChI is InChI=1S/C31H43N3O5/c1-21-17-34(22(2)20-35)31(37)26-11-8-12-27(32-30(36)24-9-6-5-7-10-24)29(26)39-28(21)19-33(3)18-23-13-15-25(38-4)16-14-23/h8,11-16,21-22,24,28,35H,5-7,9-10,17-20H2,1-4H3,(H,32,36)/t21-,22-,28-/m1/s1. The summed E-state index contributed by atoms with van der Waals surface area (Å²) in [5.74, 6) is 0.989. The minimum absolute atomic E-state index is 0.0111. The highest BCUT2D eigenvalue weighted by Crippen LogP contribution is 2.36. The number of rotatable bonds is 9. The lowest BCUT2D eigenvalue weighted by atomic mass is 9.88. The van der Waals surface area contributed by atoms with Gasteiger partial charge in [-0.15, -0.1) is 0 Å². The first-order chi connectivity index (χ1) is 18.8. The first-order valence-electron chi connectivity index (χ1n) is 14.1. The van der Waals surface area contributed by atoms with E-state index in [4.69, 9.17) is 9.47 Å². The van der Waals surface area contributed by atoms with E-state index >= 15 is 0 Å². The molecule has 2 aliphatic rings. The van der Waals surface area contributed by atoms with E-state index in [-0.39, 0.29) is 42.4 Å². The van der Waals surface area contributed by atoms with Gasteiger partial charge in [-0.1, -0.05) is 44.4 Å². The fourth-order valence-corrected chi connectivity index (χ4v) is 5.57. The summed E-state index contributed by atoms with van der Waals surface area (Å²) >= 11 is 0. The molecule has 8 nitrogen and oxygen atoms in total. The smallest absolute Gasteiger partial charge is 0.258 e. The van der Waals surface area contributed by atoms with E-state index in [1.54, 1.807) is 24.1 Å². The van der Waals surface area contributed by atoms with Crippen LogP contribution in [0.4, 0.5) is 5.69 Å². The van der Waals surface area contributed by atoms with Crippen LogP contribution in [0.25, 0.3) is 0 Å². The highest BCUT2D eigenvalue weighted by molar-refractivity contribution is 6.02. The molecule has 39 heavy (non-hydrogen) atoms. The van der Waals surface area contributed by atoms with Crippen molar-refractivity contribution in [3.63, 3.8) is 0 Å². The summed E-state index contributed by atoms with van der Waals surface area (Å²) in [6.07, 6.45) is 4.82. The lowest BCUT2D eigenvalue weighted by Crippen LogP contribution is -2.49. The highest BCUT2D eigenvalue weighted by Gasteiger charge is 2.35. The number of carbonyl (C=O) groups is 2. The predicted octanol–water partition coefficient (Wildman–Crippen LogP) is 4.57. The number of methoxy groups -OCH3 is 1. The maximum atomic E-state index is 13.7. The average Bonchev–Trinajstić information content (AvgIpc) is 2.95. The molecule has 8 heteroatoms. The van der Waals surface area contributed by atoms with Crippen LogP contribution in [0.3, 0.4) is 0 Å². The number of ether oxygens (including phenoxy) is 2. The van der Waals surface area contributed by atoms with Crippen LogP contribution >= 0.6 is 0 Å². The first-order valence-corrected chi connectivity index (χ1v) is 14.1. The van der Waals surface area contributed by atoms with Crippen molar-refractivity contribution < 1.29 is 24.2 Å². The number of likely N-dealkylation sites (N-methyl/N-ethyl adjacent to an activating group) is 1. The Morgan fingerprint density at radius 1 is 1.18 bits per heavy atom. The quantitative estimate of drug-likeness (QED) is 0.487. The molecule has 2 N–H and O–H groups in total. The monoisotopic (exact) mass is 537 g/mol. The molecule has 0 saturated heterocycles. The number of hydrogen-bond acceptors (Lipinski definition) is 6. The molecule has 1 saturated carbocycles. The van der Waals surface area contributed by atoms with Gasteiger partial charge in [-0.2, -0.15) is 0 Å². The molecule has 3 atom stereocenters. The van der Waals surface area contributed by atoms with E-state index in [0.717, 1.165) is 43.5 Å². The molecule has 2 aromatic carbocycles. The number of benzene rings is 2. The molecule has 212 valence electrons. The van der Waals surface area contributed by atoms with Gasteiger partial charge in [-0.3, -0.25) is 14.5 Å². The van der Waals surface area contributed by atoms with Gasteiger partial charge in [0, 0.05) is 31.5 Å². The van der Waals surface area contributed by atoms with Gasteiger partial charge in [0.05, 0.1) is 31.0 Å². The van der Waals surface area contributed by atoms with Gasteiger partial charge in [0.15, 0.2) is 5.75 Å². The Hall–Kier alpha value is -3.10. The molecule has 2 amide bonds. The van der Waals surface area contributed by atoms with E-state index in [1.165, 1.54) is 6.42 Å². The van der Waals surface area contributed by atoms with E-state index in [2.05, 4.69) is 36.3 Å². The van der Waals surface area contributed by atoms with Gasteiger partial charge in [0.1, 0.15) is 11.9 Å². The second-order valence-corrected chi connectivity index (χ2v) is 11.2. The van der Waals surface area contributed by atoms with Gasteiger partial charge in [0.25, 0.3) is 5.91 Å². The second-order valence-electron chi connectivity index (χ2n) is 11.2. The Kier molecular flexibility index (Phi) is 9.86. The zero-order chi connectivity index (χ0) is 27.9. The molecule has 0 radical (unpaired) electrons. The van der Waals surface area contributed by atoms with Gasteiger partial charge < -0.3 is 24.8 Å². The fourth-order valence-electron chi connectivity index (χ4n) is 5.57. The molecule has 0 unspecified atom stereocenters. The van der Waals surface area contributed by atoms with E-state index in [0.29, 0.717) is 30.1 Å². The molecular weight excluding hydrogens is 494 g/mol. The van der Waals surface area contributed by atoms with Crippen molar-refractivity contribution in [1.29, 1.82) is 0 Å². The number of amides is 2. The summed E-state index contributed by atoms with van der Waals surface area (Å²) in [5.41, 5.74) is 2.10. The minimum Gasteiger partial charge on any atom is -0.497 e. The predicted molar refractivity (Wildman–Crippen MR) is 152 cm³/mol. The number of carbonyl (C=O) groups excluding carboxylic acids is 2.